The second-order valence-corrected chi connectivity index (χ2v) is 4.54. The van der Waals surface area contributed by atoms with E-state index in [1.54, 1.807) is 7.11 Å². The third-order valence-corrected chi connectivity index (χ3v) is 2.80. The molecular weight excluding hydrogens is 198 g/mol. The fourth-order valence-corrected chi connectivity index (χ4v) is 1.82. The summed E-state index contributed by atoms with van der Waals surface area (Å²) in [6.45, 7) is 7.65. The number of benzene rings is 1. The molecule has 0 aliphatic rings. The van der Waals surface area contributed by atoms with E-state index in [1.165, 1.54) is 5.56 Å². The molecule has 0 saturated carbocycles. The zero-order valence-electron chi connectivity index (χ0n) is 10.8. The van der Waals surface area contributed by atoms with Crippen LogP contribution in [0, 0.1) is 0 Å². The SMILES string of the molecule is COc1ccccc1C(C)CCNC(C)C. The molecular formula is C14H23NO. The lowest BCUT2D eigenvalue weighted by Gasteiger charge is -2.16. The zero-order valence-corrected chi connectivity index (χ0v) is 10.8. The van der Waals surface area contributed by atoms with E-state index in [2.05, 4.69) is 38.2 Å². The number of para-hydroxylation sites is 1. The van der Waals surface area contributed by atoms with E-state index in [1.807, 2.05) is 12.1 Å². The van der Waals surface area contributed by atoms with Gasteiger partial charge in [-0.2, -0.15) is 0 Å². The molecule has 1 aromatic rings. The standard InChI is InChI=1S/C14H23NO/c1-11(2)15-10-9-12(3)13-7-5-6-8-14(13)16-4/h5-8,11-12,15H,9-10H2,1-4H3. The van der Waals surface area contributed by atoms with E-state index in [-0.39, 0.29) is 0 Å². The van der Waals surface area contributed by atoms with Crippen LogP contribution in [0.1, 0.15) is 38.7 Å². The molecule has 90 valence electrons. The van der Waals surface area contributed by atoms with Crippen molar-refractivity contribution in [2.45, 2.75) is 39.2 Å². The second kappa shape index (κ2) is 6.54. The molecule has 1 aromatic carbocycles. The topological polar surface area (TPSA) is 21.3 Å². The molecule has 0 radical (unpaired) electrons. The summed E-state index contributed by atoms with van der Waals surface area (Å²) in [5, 5.41) is 3.44. The van der Waals surface area contributed by atoms with Gasteiger partial charge < -0.3 is 10.1 Å². The summed E-state index contributed by atoms with van der Waals surface area (Å²) >= 11 is 0. The summed E-state index contributed by atoms with van der Waals surface area (Å²) < 4.78 is 5.37. The lowest BCUT2D eigenvalue weighted by atomic mass is 9.97. The third-order valence-electron chi connectivity index (χ3n) is 2.80. The van der Waals surface area contributed by atoms with Gasteiger partial charge >= 0.3 is 0 Å². The Labute approximate surface area is 99.0 Å². The monoisotopic (exact) mass is 221 g/mol. The van der Waals surface area contributed by atoms with Gasteiger partial charge in [-0.25, -0.2) is 0 Å². The van der Waals surface area contributed by atoms with Gasteiger partial charge in [0, 0.05) is 6.04 Å². The first-order valence-corrected chi connectivity index (χ1v) is 6.01. The Balaban J connectivity index is 2.55. The number of nitrogens with one attached hydrogen (secondary N) is 1. The smallest absolute Gasteiger partial charge is 0.122 e. The molecule has 0 spiro atoms. The van der Waals surface area contributed by atoms with Crippen LogP contribution in [0.25, 0.3) is 0 Å². The number of methoxy groups -OCH3 is 1. The second-order valence-electron chi connectivity index (χ2n) is 4.54. The van der Waals surface area contributed by atoms with Crippen molar-refractivity contribution in [1.29, 1.82) is 0 Å². The summed E-state index contributed by atoms with van der Waals surface area (Å²) in [5.74, 6) is 1.53. The summed E-state index contributed by atoms with van der Waals surface area (Å²) in [7, 11) is 1.73. The fraction of sp³-hybridized carbons (Fsp3) is 0.571. The van der Waals surface area contributed by atoms with Crippen molar-refractivity contribution in [3.05, 3.63) is 29.8 Å². The first-order chi connectivity index (χ1) is 7.65. The first-order valence-electron chi connectivity index (χ1n) is 6.01. The summed E-state index contributed by atoms with van der Waals surface area (Å²) in [4.78, 5) is 0. The molecule has 0 aliphatic heterocycles. The summed E-state index contributed by atoms with van der Waals surface area (Å²) in [6, 6.07) is 8.83. The van der Waals surface area contributed by atoms with E-state index in [9.17, 15) is 0 Å². The van der Waals surface area contributed by atoms with Gasteiger partial charge in [-0.15, -0.1) is 0 Å². The van der Waals surface area contributed by atoms with E-state index >= 15 is 0 Å². The Bertz CT molecular complexity index is 309. The Morgan fingerprint density at radius 3 is 2.50 bits per heavy atom. The van der Waals surface area contributed by atoms with Crippen LogP contribution in [0.15, 0.2) is 24.3 Å². The summed E-state index contributed by atoms with van der Waals surface area (Å²) in [6.07, 6.45) is 1.14. The zero-order chi connectivity index (χ0) is 12.0. The van der Waals surface area contributed by atoms with Crippen molar-refractivity contribution in [3.8, 4) is 5.75 Å². The minimum Gasteiger partial charge on any atom is -0.496 e. The normalized spacial score (nSPS) is 12.8. The van der Waals surface area contributed by atoms with Crippen LogP contribution in [0.5, 0.6) is 5.75 Å². The largest absolute Gasteiger partial charge is 0.496 e. The Morgan fingerprint density at radius 2 is 1.88 bits per heavy atom. The lowest BCUT2D eigenvalue weighted by Crippen LogP contribution is -2.24. The molecule has 0 bridgehead atoms. The van der Waals surface area contributed by atoms with Crippen LogP contribution < -0.4 is 10.1 Å². The number of ether oxygens (including phenoxy) is 1. The molecule has 16 heavy (non-hydrogen) atoms. The lowest BCUT2D eigenvalue weighted by molar-refractivity contribution is 0.404. The highest BCUT2D eigenvalue weighted by molar-refractivity contribution is 5.35. The van der Waals surface area contributed by atoms with Gasteiger partial charge in [-0.05, 0) is 30.5 Å². The minimum absolute atomic E-state index is 0.530. The van der Waals surface area contributed by atoms with Gasteiger partial charge in [0.15, 0.2) is 0 Å². The molecule has 0 aliphatic carbocycles. The molecule has 1 rings (SSSR count). The Kier molecular flexibility index (Phi) is 5.33. The maximum absolute atomic E-state index is 5.37. The van der Waals surface area contributed by atoms with Crippen LogP contribution in [-0.4, -0.2) is 19.7 Å². The van der Waals surface area contributed by atoms with Crippen LogP contribution in [0.3, 0.4) is 0 Å². The fourth-order valence-electron chi connectivity index (χ4n) is 1.82. The number of hydrogen-bond acceptors (Lipinski definition) is 2. The molecule has 0 fully saturated rings. The third kappa shape index (κ3) is 3.86. The molecule has 1 atom stereocenters. The van der Waals surface area contributed by atoms with Crippen LogP contribution in [-0.2, 0) is 0 Å². The first kappa shape index (κ1) is 13.0. The van der Waals surface area contributed by atoms with Crippen molar-refractivity contribution in [1.82, 2.24) is 5.32 Å². The molecule has 0 heterocycles. The molecule has 2 nitrogen and oxygen atoms in total. The van der Waals surface area contributed by atoms with Gasteiger partial charge in [0.25, 0.3) is 0 Å². The predicted octanol–water partition coefficient (Wildman–Crippen LogP) is 3.19. The Morgan fingerprint density at radius 1 is 1.19 bits per heavy atom. The van der Waals surface area contributed by atoms with Gasteiger partial charge in [-0.3, -0.25) is 0 Å². The predicted molar refractivity (Wildman–Crippen MR) is 69.2 cm³/mol. The van der Waals surface area contributed by atoms with Crippen molar-refractivity contribution >= 4 is 0 Å². The molecule has 0 amide bonds. The minimum atomic E-state index is 0.530. The van der Waals surface area contributed by atoms with Crippen molar-refractivity contribution in [2.75, 3.05) is 13.7 Å². The average Bonchev–Trinajstić information content (AvgIpc) is 2.28. The van der Waals surface area contributed by atoms with Crippen molar-refractivity contribution in [2.24, 2.45) is 0 Å². The highest BCUT2D eigenvalue weighted by Crippen LogP contribution is 2.27. The van der Waals surface area contributed by atoms with Crippen molar-refractivity contribution in [3.63, 3.8) is 0 Å². The number of rotatable bonds is 6. The van der Waals surface area contributed by atoms with Gasteiger partial charge in [-0.1, -0.05) is 39.0 Å². The van der Waals surface area contributed by atoms with Crippen molar-refractivity contribution < 1.29 is 4.74 Å². The van der Waals surface area contributed by atoms with E-state index in [4.69, 9.17) is 4.74 Å². The molecule has 0 saturated heterocycles. The van der Waals surface area contributed by atoms with E-state index < -0.39 is 0 Å². The quantitative estimate of drug-likeness (QED) is 0.796. The highest BCUT2D eigenvalue weighted by atomic mass is 16.5. The Hall–Kier alpha value is -1.02. The van der Waals surface area contributed by atoms with Crippen LogP contribution in [0.4, 0.5) is 0 Å². The molecule has 1 unspecified atom stereocenters. The van der Waals surface area contributed by atoms with E-state index in [0.717, 1.165) is 18.7 Å². The molecule has 2 heteroatoms. The highest BCUT2D eigenvalue weighted by Gasteiger charge is 2.10. The van der Waals surface area contributed by atoms with Gasteiger partial charge in [0.1, 0.15) is 5.75 Å². The molecule has 1 N–H and O–H groups in total. The van der Waals surface area contributed by atoms with Gasteiger partial charge in [0.05, 0.1) is 7.11 Å². The van der Waals surface area contributed by atoms with E-state index in [0.29, 0.717) is 12.0 Å². The maximum Gasteiger partial charge on any atom is 0.122 e. The summed E-state index contributed by atoms with van der Waals surface area (Å²) in [5.41, 5.74) is 1.30. The average molecular weight is 221 g/mol. The van der Waals surface area contributed by atoms with Crippen LogP contribution >= 0.6 is 0 Å². The maximum atomic E-state index is 5.37. The number of hydrogen-bond donors (Lipinski definition) is 1. The van der Waals surface area contributed by atoms with Crippen LogP contribution in [0.2, 0.25) is 0 Å². The van der Waals surface area contributed by atoms with Gasteiger partial charge in [0.2, 0.25) is 0 Å². The molecule has 0 aromatic heterocycles.